The lowest BCUT2D eigenvalue weighted by Crippen LogP contribution is -1.98. The molecule has 1 atom stereocenters. The number of halogens is 1. The zero-order valence-electron chi connectivity index (χ0n) is 14.1. The SMILES string of the molecule is CC(=O)CC(C)c1cc(-c2cnc(Oc3ccc(C)cc3Cl)s2)no1. The number of aromatic nitrogens is 2. The third-order valence-electron chi connectivity index (χ3n) is 3.63. The predicted octanol–water partition coefficient (Wildman–Crippen LogP) is 5.63. The molecule has 0 aliphatic heterocycles. The minimum absolute atomic E-state index is 0.00578. The minimum Gasteiger partial charge on any atom is -0.429 e. The average Bonchev–Trinajstić information content (AvgIpc) is 3.18. The van der Waals surface area contributed by atoms with E-state index < -0.39 is 0 Å². The minimum atomic E-state index is -0.00578. The van der Waals surface area contributed by atoms with E-state index in [2.05, 4.69) is 10.1 Å². The summed E-state index contributed by atoms with van der Waals surface area (Å²) in [7, 11) is 0. The van der Waals surface area contributed by atoms with Gasteiger partial charge in [-0.2, -0.15) is 0 Å². The van der Waals surface area contributed by atoms with Crippen LogP contribution in [-0.4, -0.2) is 15.9 Å². The number of rotatable bonds is 6. The van der Waals surface area contributed by atoms with Crippen LogP contribution >= 0.6 is 22.9 Å². The Kier molecular flexibility index (Phi) is 5.20. The Morgan fingerprint density at radius 3 is 2.92 bits per heavy atom. The van der Waals surface area contributed by atoms with E-state index in [9.17, 15) is 4.79 Å². The molecular formula is C18H17ClN2O3S. The second kappa shape index (κ2) is 7.37. The van der Waals surface area contributed by atoms with E-state index in [1.54, 1.807) is 13.1 Å². The zero-order chi connectivity index (χ0) is 18.0. The van der Waals surface area contributed by atoms with E-state index in [-0.39, 0.29) is 11.7 Å². The van der Waals surface area contributed by atoms with Gasteiger partial charge in [-0.15, -0.1) is 0 Å². The van der Waals surface area contributed by atoms with Crippen LogP contribution in [0.15, 0.2) is 35.0 Å². The number of carbonyl (C=O) groups excluding carboxylic acids is 1. The zero-order valence-corrected chi connectivity index (χ0v) is 15.6. The van der Waals surface area contributed by atoms with Crippen LogP contribution < -0.4 is 4.74 Å². The molecule has 0 bridgehead atoms. The number of nitrogens with zero attached hydrogens (tertiary/aromatic N) is 2. The monoisotopic (exact) mass is 376 g/mol. The number of carbonyl (C=O) groups is 1. The van der Waals surface area contributed by atoms with Gasteiger partial charge in [-0.1, -0.05) is 41.1 Å². The Bertz CT molecular complexity index is 903. The Balaban J connectivity index is 1.75. The number of thiazole rings is 1. The normalized spacial score (nSPS) is 12.2. The summed E-state index contributed by atoms with van der Waals surface area (Å²) in [6.07, 6.45) is 2.11. The first kappa shape index (κ1) is 17.6. The average molecular weight is 377 g/mol. The van der Waals surface area contributed by atoms with E-state index in [4.69, 9.17) is 20.9 Å². The summed E-state index contributed by atoms with van der Waals surface area (Å²) >= 11 is 7.53. The smallest absolute Gasteiger partial charge is 0.279 e. The summed E-state index contributed by atoms with van der Waals surface area (Å²) in [6.45, 7) is 5.47. The Labute approximate surface area is 154 Å². The summed E-state index contributed by atoms with van der Waals surface area (Å²) in [6, 6.07) is 7.42. The van der Waals surface area contributed by atoms with Gasteiger partial charge >= 0.3 is 0 Å². The molecule has 0 saturated heterocycles. The van der Waals surface area contributed by atoms with E-state index in [1.807, 2.05) is 38.1 Å². The number of hydrogen-bond donors (Lipinski definition) is 0. The Hall–Kier alpha value is -2.18. The number of hydrogen-bond acceptors (Lipinski definition) is 6. The Morgan fingerprint density at radius 1 is 1.40 bits per heavy atom. The van der Waals surface area contributed by atoms with Crippen LogP contribution in [0.25, 0.3) is 10.6 Å². The van der Waals surface area contributed by atoms with Crippen LogP contribution in [-0.2, 0) is 4.79 Å². The van der Waals surface area contributed by atoms with Gasteiger partial charge in [-0.3, -0.25) is 0 Å². The molecule has 1 unspecified atom stereocenters. The first-order valence-corrected chi connectivity index (χ1v) is 8.98. The lowest BCUT2D eigenvalue weighted by Gasteiger charge is -2.04. The van der Waals surface area contributed by atoms with Crippen LogP contribution in [0.2, 0.25) is 5.02 Å². The number of aryl methyl sites for hydroxylation is 1. The summed E-state index contributed by atoms with van der Waals surface area (Å²) < 4.78 is 11.1. The van der Waals surface area contributed by atoms with Crippen molar-refractivity contribution in [1.82, 2.24) is 10.1 Å². The van der Waals surface area contributed by atoms with Gasteiger partial charge in [-0.25, -0.2) is 4.98 Å². The van der Waals surface area contributed by atoms with Crippen LogP contribution in [0.3, 0.4) is 0 Å². The van der Waals surface area contributed by atoms with E-state index in [1.165, 1.54) is 11.3 Å². The van der Waals surface area contributed by atoms with Gasteiger partial charge in [0, 0.05) is 18.4 Å². The van der Waals surface area contributed by atoms with E-state index in [0.717, 1.165) is 10.4 Å². The highest BCUT2D eigenvalue weighted by molar-refractivity contribution is 7.16. The highest BCUT2D eigenvalue weighted by atomic mass is 35.5. The fraction of sp³-hybridized carbons (Fsp3) is 0.278. The maximum Gasteiger partial charge on any atom is 0.279 e. The van der Waals surface area contributed by atoms with Crippen molar-refractivity contribution in [2.45, 2.75) is 33.1 Å². The fourth-order valence-corrected chi connectivity index (χ4v) is 3.38. The molecule has 25 heavy (non-hydrogen) atoms. The summed E-state index contributed by atoms with van der Waals surface area (Å²) in [5.41, 5.74) is 1.74. The highest BCUT2D eigenvalue weighted by Crippen LogP contribution is 2.36. The predicted molar refractivity (Wildman–Crippen MR) is 97.6 cm³/mol. The standard InChI is InChI=1S/C18H17ClN2O3S/c1-10-4-5-15(13(19)6-10)23-18-20-9-17(25-18)14-8-16(24-21-14)11(2)7-12(3)22/h4-6,8-9,11H,7H2,1-3H3. The number of ether oxygens (including phenoxy) is 1. The molecule has 0 aliphatic rings. The molecule has 0 saturated carbocycles. The van der Waals surface area contributed by atoms with Crippen molar-refractivity contribution in [2.75, 3.05) is 0 Å². The molecule has 1 aromatic carbocycles. The molecule has 7 heteroatoms. The van der Waals surface area contributed by atoms with Crippen LogP contribution in [0, 0.1) is 6.92 Å². The van der Waals surface area contributed by atoms with Gasteiger partial charge in [0.2, 0.25) is 0 Å². The van der Waals surface area contributed by atoms with Gasteiger partial charge in [0.15, 0.2) is 0 Å². The largest absolute Gasteiger partial charge is 0.429 e. The van der Waals surface area contributed by atoms with Crippen molar-refractivity contribution >= 4 is 28.7 Å². The maximum absolute atomic E-state index is 11.2. The third-order valence-corrected chi connectivity index (χ3v) is 4.82. The third kappa shape index (κ3) is 4.27. The molecule has 2 aromatic heterocycles. The van der Waals surface area contributed by atoms with Crippen LogP contribution in [0.1, 0.15) is 37.5 Å². The molecular weight excluding hydrogens is 360 g/mol. The molecule has 130 valence electrons. The summed E-state index contributed by atoms with van der Waals surface area (Å²) in [5.74, 6) is 1.36. The topological polar surface area (TPSA) is 65.2 Å². The van der Waals surface area contributed by atoms with Crippen LogP contribution in [0.5, 0.6) is 10.9 Å². The number of benzene rings is 1. The molecule has 0 N–H and O–H groups in total. The highest BCUT2D eigenvalue weighted by Gasteiger charge is 2.17. The molecule has 0 radical (unpaired) electrons. The summed E-state index contributed by atoms with van der Waals surface area (Å²) in [4.78, 5) is 16.3. The van der Waals surface area contributed by atoms with Gasteiger partial charge in [-0.05, 0) is 31.5 Å². The fourth-order valence-electron chi connectivity index (χ4n) is 2.38. The van der Waals surface area contributed by atoms with Crippen molar-refractivity contribution < 1.29 is 14.1 Å². The quantitative estimate of drug-likeness (QED) is 0.557. The Morgan fingerprint density at radius 2 is 2.20 bits per heavy atom. The van der Waals surface area contributed by atoms with Crippen molar-refractivity contribution in [3.05, 3.63) is 46.8 Å². The first-order valence-electron chi connectivity index (χ1n) is 7.78. The number of ketones is 1. The van der Waals surface area contributed by atoms with Crippen molar-refractivity contribution in [2.24, 2.45) is 0 Å². The van der Waals surface area contributed by atoms with E-state index in [0.29, 0.717) is 33.8 Å². The molecule has 0 aliphatic carbocycles. The molecule has 0 spiro atoms. The van der Waals surface area contributed by atoms with Crippen molar-refractivity contribution in [3.8, 4) is 21.5 Å². The molecule has 3 rings (SSSR count). The molecule has 3 aromatic rings. The van der Waals surface area contributed by atoms with Crippen LogP contribution in [0.4, 0.5) is 0 Å². The van der Waals surface area contributed by atoms with E-state index >= 15 is 0 Å². The van der Waals surface area contributed by atoms with Gasteiger partial charge < -0.3 is 14.1 Å². The lowest BCUT2D eigenvalue weighted by atomic mass is 10.0. The second-order valence-corrected chi connectivity index (χ2v) is 7.35. The van der Waals surface area contributed by atoms with Crippen molar-refractivity contribution in [3.63, 3.8) is 0 Å². The number of Topliss-reactive ketones (excluding diaryl/α,β-unsaturated/α-hetero) is 1. The molecule has 0 amide bonds. The van der Waals surface area contributed by atoms with Gasteiger partial charge in [0.05, 0.1) is 16.1 Å². The van der Waals surface area contributed by atoms with Gasteiger partial charge in [0.25, 0.3) is 5.19 Å². The second-order valence-electron chi connectivity index (χ2n) is 5.95. The van der Waals surface area contributed by atoms with Gasteiger partial charge in [0.1, 0.15) is 23.0 Å². The maximum atomic E-state index is 11.2. The molecule has 2 heterocycles. The van der Waals surface area contributed by atoms with Crippen molar-refractivity contribution in [1.29, 1.82) is 0 Å². The first-order chi connectivity index (χ1) is 11.9. The summed E-state index contributed by atoms with van der Waals surface area (Å²) in [5, 5.41) is 5.08. The lowest BCUT2D eigenvalue weighted by molar-refractivity contribution is -0.117. The molecule has 0 fully saturated rings. The molecule has 5 nitrogen and oxygen atoms in total.